The van der Waals surface area contributed by atoms with E-state index in [4.69, 9.17) is 9.47 Å². The van der Waals surface area contributed by atoms with Crippen LogP contribution in [0.3, 0.4) is 0 Å². The van der Waals surface area contributed by atoms with Crippen molar-refractivity contribution in [2.75, 3.05) is 6.79 Å². The molecule has 2 nitrogen and oxygen atoms in total. The standard InChI is InChI=1S/C19H24O2/c1-18(2,16-11-7-5-8-12-16)20-15-21-19(3,4)17-13-9-6-10-14-17/h5-14H,15H2,1-4H3. The van der Waals surface area contributed by atoms with Gasteiger partial charge in [-0.2, -0.15) is 0 Å². The SMILES string of the molecule is CC(C)(OCOC(C)(C)c1ccccc1)c1ccccc1. The first-order chi connectivity index (χ1) is 9.92. The summed E-state index contributed by atoms with van der Waals surface area (Å²) in [5.74, 6) is 0. The molecule has 0 saturated carbocycles. The summed E-state index contributed by atoms with van der Waals surface area (Å²) in [6, 6.07) is 20.4. The van der Waals surface area contributed by atoms with Crippen molar-refractivity contribution in [2.24, 2.45) is 0 Å². The molecule has 0 heterocycles. The molecular weight excluding hydrogens is 260 g/mol. The van der Waals surface area contributed by atoms with Gasteiger partial charge in [0.25, 0.3) is 0 Å². The van der Waals surface area contributed by atoms with Gasteiger partial charge in [0.15, 0.2) is 0 Å². The molecule has 2 aromatic rings. The summed E-state index contributed by atoms with van der Waals surface area (Å²) < 4.78 is 11.9. The molecule has 112 valence electrons. The van der Waals surface area contributed by atoms with Gasteiger partial charge in [-0.15, -0.1) is 0 Å². The highest BCUT2D eigenvalue weighted by Crippen LogP contribution is 2.28. The Morgan fingerprint density at radius 3 is 1.29 bits per heavy atom. The number of hydrogen-bond donors (Lipinski definition) is 0. The second-order valence-corrected chi connectivity index (χ2v) is 6.16. The predicted octanol–water partition coefficient (Wildman–Crippen LogP) is 4.85. The third-order valence-corrected chi connectivity index (χ3v) is 3.78. The zero-order valence-corrected chi connectivity index (χ0v) is 13.3. The molecule has 0 bridgehead atoms. The summed E-state index contributed by atoms with van der Waals surface area (Å²) in [5.41, 5.74) is 1.56. The first-order valence-corrected chi connectivity index (χ1v) is 7.31. The lowest BCUT2D eigenvalue weighted by molar-refractivity contribution is -0.180. The molecular formula is C19H24O2. The minimum atomic E-state index is -0.367. The van der Waals surface area contributed by atoms with Gasteiger partial charge in [-0.25, -0.2) is 0 Å². The third kappa shape index (κ3) is 4.16. The van der Waals surface area contributed by atoms with Gasteiger partial charge in [-0.1, -0.05) is 60.7 Å². The quantitative estimate of drug-likeness (QED) is 0.706. The van der Waals surface area contributed by atoms with Crippen molar-refractivity contribution in [3.63, 3.8) is 0 Å². The van der Waals surface area contributed by atoms with Crippen LogP contribution in [0.15, 0.2) is 60.7 Å². The van der Waals surface area contributed by atoms with Crippen LogP contribution in [-0.4, -0.2) is 6.79 Å². The molecule has 0 spiro atoms. The van der Waals surface area contributed by atoms with Crippen molar-refractivity contribution in [3.05, 3.63) is 71.8 Å². The maximum atomic E-state index is 5.95. The van der Waals surface area contributed by atoms with E-state index < -0.39 is 0 Å². The van der Waals surface area contributed by atoms with Gasteiger partial charge in [-0.3, -0.25) is 0 Å². The summed E-state index contributed by atoms with van der Waals surface area (Å²) in [6.07, 6.45) is 0. The molecule has 0 unspecified atom stereocenters. The smallest absolute Gasteiger partial charge is 0.149 e. The number of rotatable bonds is 6. The summed E-state index contributed by atoms with van der Waals surface area (Å²) in [5, 5.41) is 0. The number of ether oxygens (including phenoxy) is 2. The van der Waals surface area contributed by atoms with Crippen LogP contribution >= 0.6 is 0 Å². The molecule has 0 fully saturated rings. The average Bonchev–Trinajstić information content (AvgIpc) is 2.49. The fraction of sp³-hybridized carbons (Fsp3) is 0.368. The van der Waals surface area contributed by atoms with E-state index in [0.717, 1.165) is 11.1 Å². The normalized spacial score (nSPS) is 12.4. The Morgan fingerprint density at radius 1 is 0.619 bits per heavy atom. The van der Waals surface area contributed by atoms with Gasteiger partial charge in [0.05, 0.1) is 11.2 Å². The predicted molar refractivity (Wildman–Crippen MR) is 86.0 cm³/mol. The fourth-order valence-electron chi connectivity index (χ4n) is 2.17. The van der Waals surface area contributed by atoms with Crippen LogP contribution in [0.1, 0.15) is 38.8 Å². The second kappa shape index (κ2) is 6.42. The fourth-order valence-corrected chi connectivity index (χ4v) is 2.17. The van der Waals surface area contributed by atoms with Crippen LogP contribution in [0, 0.1) is 0 Å². The van der Waals surface area contributed by atoms with Crippen LogP contribution in [0.25, 0.3) is 0 Å². The van der Waals surface area contributed by atoms with Crippen LogP contribution in [0.4, 0.5) is 0 Å². The summed E-state index contributed by atoms with van der Waals surface area (Å²) >= 11 is 0. The molecule has 0 N–H and O–H groups in total. The molecule has 0 aliphatic rings. The molecule has 0 aliphatic carbocycles. The Hall–Kier alpha value is -1.64. The average molecular weight is 284 g/mol. The number of benzene rings is 2. The zero-order valence-electron chi connectivity index (χ0n) is 13.3. The lowest BCUT2D eigenvalue weighted by atomic mass is 9.98. The van der Waals surface area contributed by atoms with Gasteiger partial charge in [0.2, 0.25) is 0 Å². The lowest BCUT2D eigenvalue weighted by Gasteiger charge is -2.30. The molecule has 0 atom stereocenters. The topological polar surface area (TPSA) is 18.5 Å². The molecule has 0 aromatic heterocycles. The van der Waals surface area contributed by atoms with Crippen molar-refractivity contribution in [2.45, 2.75) is 38.9 Å². The first kappa shape index (κ1) is 15.7. The van der Waals surface area contributed by atoms with E-state index >= 15 is 0 Å². The molecule has 0 aliphatic heterocycles. The van der Waals surface area contributed by atoms with Crippen molar-refractivity contribution in [1.29, 1.82) is 0 Å². The minimum Gasteiger partial charge on any atom is -0.345 e. The third-order valence-electron chi connectivity index (χ3n) is 3.78. The highest BCUT2D eigenvalue weighted by atomic mass is 16.7. The Bertz CT molecular complexity index is 493. The van der Waals surface area contributed by atoms with Crippen molar-refractivity contribution in [1.82, 2.24) is 0 Å². The Morgan fingerprint density at radius 2 is 0.952 bits per heavy atom. The molecule has 2 rings (SSSR count). The Labute approximate surface area is 127 Å². The van der Waals surface area contributed by atoms with Crippen molar-refractivity contribution < 1.29 is 9.47 Å². The first-order valence-electron chi connectivity index (χ1n) is 7.31. The maximum Gasteiger partial charge on any atom is 0.149 e. The molecule has 2 aromatic carbocycles. The largest absolute Gasteiger partial charge is 0.345 e. The van der Waals surface area contributed by atoms with Gasteiger partial charge in [-0.05, 0) is 38.8 Å². The highest BCUT2D eigenvalue weighted by molar-refractivity contribution is 5.21. The summed E-state index contributed by atoms with van der Waals surface area (Å²) in [4.78, 5) is 0. The van der Waals surface area contributed by atoms with Crippen molar-refractivity contribution in [3.8, 4) is 0 Å². The van der Waals surface area contributed by atoms with Crippen LogP contribution < -0.4 is 0 Å². The summed E-state index contributed by atoms with van der Waals surface area (Å²) in [6.45, 7) is 8.48. The molecule has 2 heteroatoms. The van der Waals surface area contributed by atoms with E-state index in [1.54, 1.807) is 0 Å². The van der Waals surface area contributed by atoms with Crippen molar-refractivity contribution >= 4 is 0 Å². The van der Waals surface area contributed by atoms with Crippen LogP contribution in [-0.2, 0) is 20.7 Å². The van der Waals surface area contributed by atoms with E-state index in [9.17, 15) is 0 Å². The van der Waals surface area contributed by atoms with Crippen LogP contribution in [0.2, 0.25) is 0 Å². The lowest BCUT2D eigenvalue weighted by Crippen LogP contribution is -2.28. The Kier molecular flexibility index (Phi) is 4.81. The summed E-state index contributed by atoms with van der Waals surface area (Å²) in [7, 11) is 0. The van der Waals surface area contributed by atoms with E-state index in [0.29, 0.717) is 0 Å². The second-order valence-electron chi connectivity index (χ2n) is 6.16. The van der Waals surface area contributed by atoms with Gasteiger partial charge < -0.3 is 9.47 Å². The van der Waals surface area contributed by atoms with Crippen LogP contribution in [0.5, 0.6) is 0 Å². The minimum absolute atomic E-state index is 0.254. The number of hydrogen-bond acceptors (Lipinski definition) is 2. The van der Waals surface area contributed by atoms with E-state index in [-0.39, 0.29) is 18.0 Å². The van der Waals surface area contributed by atoms with Gasteiger partial charge >= 0.3 is 0 Å². The van der Waals surface area contributed by atoms with Gasteiger partial charge in [0.1, 0.15) is 6.79 Å². The van der Waals surface area contributed by atoms with E-state index in [1.165, 1.54) is 0 Å². The monoisotopic (exact) mass is 284 g/mol. The zero-order chi connectivity index (χ0) is 15.3. The molecule has 0 radical (unpaired) electrons. The van der Waals surface area contributed by atoms with Gasteiger partial charge in [0, 0.05) is 0 Å². The van der Waals surface area contributed by atoms with E-state index in [1.807, 2.05) is 36.4 Å². The van der Waals surface area contributed by atoms with E-state index in [2.05, 4.69) is 52.0 Å². The Balaban J connectivity index is 1.95. The highest BCUT2D eigenvalue weighted by Gasteiger charge is 2.25. The maximum absolute atomic E-state index is 5.95. The molecule has 0 saturated heterocycles. The molecule has 21 heavy (non-hydrogen) atoms. The molecule has 0 amide bonds.